The highest BCUT2D eigenvalue weighted by atomic mass is 79.9. The number of ether oxygens (including phenoxy) is 1. The van der Waals surface area contributed by atoms with E-state index in [1.54, 1.807) is 6.07 Å². The monoisotopic (exact) mass is 360 g/mol. The van der Waals surface area contributed by atoms with Gasteiger partial charge in [-0.1, -0.05) is 22.0 Å². The van der Waals surface area contributed by atoms with Crippen LogP contribution in [0, 0.1) is 18.6 Å². The first-order chi connectivity index (χ1) is 9.43. The summed E-state index contributed by atoms with van der Waals surface area (Å²) in [5.74, 6) is -0.745. The normalized spacial score (nSPS) is 12.3. The van der Waals surface area contributed by atoms with E-state index >= 15 is 0 Å². The summed E-state index contributed by atoms with van der Waals surface area (Å²) in [6, 6.07) is 6.95. The van der Waals surface area contributed by atoms with Crippen molar-refractivity contribution in [3.63, 3.8) is 0 Å². The Labute approximate surface area is 129 Å². The molecule has 1 atom stereocenters. The standard InChI is InChI=1S/C15H12BrClF2O/c1-8-5-14(20-2)11(7-12(8)16)15(17)10-4-3-9(18)6-13(10)19/h3-7,15H,1-2H3. The Morgan fingerprint density at radius 3 is 2.45 bits per heavy atom. The van der Waals surface area contributed by atoms with E-state index in [0.29, 0.717) is 11.3 Å². The average Bonchev–Trinajstić information content (AvgIpc) is 2.40. The summed E-state index contributed by atoms with van der Waals surface area (Å²) in [7, 11) is 1.52. The molecule has 0 saturated heterocycles. The first-order valence-electron chi connectivity index (χ1n) is 5.87. The van der Waals surface area contributed by atoms with Gasteiger partial charge in [0.25, 0.3) is 0 Å². The minimum Gasteiger partial charge on any atom is -0.496 e. The van der Waals surface area contributed by atoms with Gasteiger partial charge in [0.2, 0.25) is 0 Å². The van der Waals surface area contributed by atoms with Gasteiger partial charge < -0.3 is 4.74 Å². The smallest absolute Gasteiger partial charge is 0.131 e. The maximum absolute atomic E-state index is 13.8. The molecule has 0 heterocycles. The highest BCUT2D eigenvalue weighted by molar-refractivity contribution is 9.10. The molecule has 20 heavy (non-hydrogen) atoms. The number of hydrogen-bond acceptors (Lipinski definition) is 1. The Hall–Kier alpha value is -1.13. The van der Waals surface area contributed by atoms with Gasteiger partial charge in [-0.05, 0) is 30.7 Å². The van der Waals surface area contributed by atoms with Crippen molar-refractivity contribution in [2.45, 2.75) is 12.3 Å². The van der Waals surface area contributed by atoms with E-state index in [1.807, 2.05) is 13.0 Å². The molecule has 0 aromatic heterocycles. The molecule has 1 nitrogen and oxygen atoms in total. The number of benzene rings is 2. The van der Waals surface area contributed by atoms with Gasteiger partial charge in [-0.15, -0.1) is 11.6 Å². The van der Waals surface area contributed by atoms with Gasteiger partial charge in [-0.3, -0.25) is 0 Å². The van der Waals surface area contributed by atoms with E-state index in [9.17, 15) is 8.78 Å². The maximum Gasteiger partial charge on any atom is 0.131 e. The summed E-state index contributed by atoms with van der Waals surface area (Å²) in [5, 5.41) is -0.762. The Bertz CT molecular complexity index is 646. The van der Waals surface area contributed by atoms with Crippen molar-refractivity contribution in [3.8, 4) is 5.75 Å². The summed E-state index contributed by atoms with van der Waals surface area (Å²) in [4.78, 5) is 0. The summed E-state index contributed by atoms with van der Waals surface area (Å²) in [6.07, 6.45) is 0. The highest BCUT2D eigenvalue weighted by Crippen LogP contribution is 2.39. The van der Waals surface area contributed by atoms with E-state index in [-0.39, 0.29) is 5.56 Å². The zero-order valence-corrected chi connectivity index (χ0v) is 13.2. The second-order valence-electron chi connectivity index (χ2n) is 4.37. The van der Waals surface area contributed by atoms with E-state index < -0.39 is 17.0 Å². The highest BCUT2D eigenvalue weighted by Gasteiger charge is 2.20. The molecule has 0 aliphatic rings. The van der Waals surface area contributed by atoms with E-state index in [0.717, 1.165) is 16.1 Å². The maximum atomic E-state index is 13.8. The minimum atomic E-state index is -0.762. The number of aryl methyl sites for hydroxylation is 1. The molecule has 2 aromatic carbocycles. The molecule has 0 radical (unpaired) electrons. The number of alkyl halides is 1. The number of methoxy groups -OCH3 is 1. The van der Waals surface area contributed by atoms with Crippen LogP contribution in [0.3, 0.4) is 0 Å². The fourth-order valence-corrected chi connectivity index (χ4v) is 2.63. The van der Waals surface area contributed by atoms with Gasteiger partial charge in [-0.25, -0.2) is 8.78 Å². The Balaban J connectivity index is 2.52. The van der Waals surface area contributed by atoms with E-state index in [4.69, 9.17) is 16.3 Å². The van der Waals surface area contributed by atoms with E-state index in [2.05, 4.69) is 15.9 Å². The fraction of sp³-hybridized carbons (Fsp3) is 0.200. The third kappa shape index (κ3) is 2.96. The van der Waals surface area contributed by atoms with Crippen LogP contribution in [0.2, 0.25) is 0 Å². The van der Waals surface area contributed by atoms with Crippen molar-refractivity contribution in [2.75, 3.05) is 7.11 Å². The zero-order valence-electron chi connectivity index (χ0n) is 10.9. The van der Waals surface area contributed by atoms with E-state index in [1.165, 1.54) is 19.2 Å². The second-order valence-corrected chi connectivity index (χ2v) is 5.66. The van der Waals surface area contributed by atoms with Gasteiger partial charge in [0.1, 0.15) is 17.4 Å². The van der Waals surface area contributed by atoms with Crippen molar-refractivity contribution in [1.82, 2.24) is 0 Å². The molecule has 2 rings (SSSR count). The van der Waals surface area contributed by atoms with Crippen LogP contribution in [-0.4, -0.2) is 7.11 Å². The van der Waals surface area contributed by atoms with Crippen molar-refractivity contribution < 1.29 is 13.5 Å². The number of halogens is 4. The predicted octanol–water partition coefficient (Wildman–Crippen LogP) is 5.37. The molecule has 0 spiro atoms. The molecule has 2 aromatic rings. The van der Waals surface area contributed by atoms with Crippen LogP contribution in [0.15, 0.2) is 34.8 Å². The average molecular weight is 362 g/mol. The van der Waals surface area contributed by atoms with Crippen LogP contribution in [0.5, 0.6) is 5.75 Å². The van der Waals surface area contributed by atoms with Crippen molar-refractivity contribution in [3.05, 3.63) is 63.1 Å². The predicted molar refractivity (Wildman–Crippen MR) is 79.5 cm³/mol. The molecule has 0 bridgehead atoms. The molecule has 0 N–H and O–H groups in total. The molecule has 106 valence electrons. The third-order valence-electron chi connectivity index (χ3n) is 3.02. The zero-order chi connectivity index (χ0) is 14.9. The molecule has 1 unspecified atom stereocenters. The van der Waals surface area contributed by atoms with Crippen molar-refractivity contribution >= 4 is 27.5 Å². The molecular formula is C15H12BrClF2O. The molecule has 0 fully saturated rings. The summed E-state index contributed by atoms with van der Waals surface area (Å²) < 4.78 is 32.9. The molecule has 0 saturated carbocycles. The van der Waals surface area contributed by atoms with Gasteiger partial charge in [-0.2, -0.15) is 0 Å². The quantitative estimate of drug-likeness (QED) is 0.668. The Kier molecular flexibility index (Phi) is 4.66. The first-order valence-corrected chi connectivity index (χ1v) is 7.10. The van der Waals surface area contributed by atoms with Gasteiger partial charge in [0.15, 0.2) is 0 Å². The largest absolute Gasteiger partial charge is 0.496 e. The number of rotatable bonds is 3. The second kappa shape index (κ2) is 6.10. The lowest BCUT2D eigenvalue weighted by Gasteiger charge is -2.16. The molecule has 5 heteroatoms. The molecule has 0 amide bonds. The van der Waals surface area contributed by atoms with Crippen LogP contribution >= 0.6 is 27.5 Å². The Morgan fingerprint density at radius 1 is 1.15 bits per heavy atom. The SMILES string of the molecule is COc1cc(C)c(Br)cc1C(Cl)c1ccc(F)cc1F. The van der Waals surface area contributed by atoms with Crippen LogP contribution in [0.4, 0.5) is 8.78 Å². The topological polar surface area (TPSA) is 9.23 Å². The van der Waals surface area contributed by atoms with Gasteiger partial charge in [0.05, 0.1) is 12.5 Å². The van der Waals surface area contributed by atoms with Crippen molar-refractivity contribution in [2.24, 2.45) is 0 Å². The Morgan fingerprint density at radius 2 is 1.85 bits per heavy atom. The van der Waals surface area contributed by atoms with Crippen LogP contribution < -0.4 is 4.74 Å². The molecule has 0 aliphatic heterocycles. The van der Waals surface area contributed by atoms with Gasteiger partial charge in [0, 0.05) is 21.7 Å². The van der Waals surface area contributed by atoms with Gasteiger partial charge >= 0.3 is 0 Å². The summed E-state index contributed by atoms with van der Waals surface area (Å²) in [5.41, 5.74) is 1.81. The van der Waals surface area contributed by atoms with Crippen LogP contribution in [0.25, 0.3) is 0 Å². The minimum absolute atomic E-state index is 0.210. The van der Waals surface area contributed by atoms with Crippen LogP contribution in [-0.2, 0) is 0 Å². The summed E-state index contributed by atoms with van der Waals surface area (Å²) >= 11 is 9.75. The fourth-order valence-electron chi connectivity index (χ4n) is 1.92. The van der Waals surface area contributed by atoms with Crippen molar-refractivity contribution in [1.29, 1.82) is 0 Å². The lowest BCUT2D eigenvalue weighted by Crippen LogP contribution is -2.01. The van der Waals surface area contributed by atoms with Crippen LogP contribution in [0.1, 0.15) is 22.1 Å². The molecule has 0 aliphatic carbocycles. The lowest BCUT2D eigenvalue weighted by molar-refractivity contribution is 0.409. The number of hydrogen-bond donors (Lipinski definition) is 0. The molecular weight excluding hydrogens is 350 g/mol. The first kappa shape index (κ1) is 15.3. The third-order valence-corrected chi connectivity index (χ3v) is 4.34. The lowest BCUT2D eigenvalue weighted by atomic mass is 10.0. The summed E-state index contributed by atoms with van der Waals surface area (Å²) in [6.45, 7) is 1.91.